The Morgan fingerprint density at radius 1 is 0.531 bits per heavy atom. The van der Waals surface area contributed by atoms with Crippen LogP contribution in [0.15, 0.2) is 24.3 Å². The summed E-state index contributed by atoms with van der Waals surface area (Å²) < 4.78 is 11.4. The summed E-state index contributed by atoms with van der Waals surface area (Å²) in [6.45, 7) is 20.9. The lowest BCUT2D eigenvalue weighted by Gasteiger charge is -2.25. The van der Waals surface area contributed by atoms with Crippen LogP contribution in [0.5, 0.6) is 0 Å². The molecule has 5 unspecified atom stereocenters. The maximum Gasteiger partial charge on any atom is 0.312 e. The van der Waals surface area contributed by atoms with Crippen LogP contribution < -0.4 is 65.1 Å². The van der Waals surface area contributed by atoms with Crippen LogP contribution in [0, 0.1) is 35.5 Å². The molecule has 0 radical (unpaired) electrons. The molecule has 31 nitrogen and oxygen atoms in total. The Morgan fingerprint density at radius 2 is 0.908 bits per heavy atom. The number of anilines is 1. The third-order valence-electron chi connectivity index (χ3n) is 16.3. The van der Waals surface area contributed by atoms with Gasteiger partial charge in [0.15, 0.2) is 12.9 Å². The lowest BCUT2D eigenvalue weighted by molar-refractivity contribution is -0.140. The number of nitrogens with two attached hydrogens (primary N) is 3. The van der Waals surface area contributed by atoms with Gasteiger partial charge in [-0.1, -0.05) is 87.3 Å². The van der Waals surface area contributed by atoms with Gasteiger partial charge in [0.25, 0.3) is 6.45 Å². The summed E-state index contributed by atoms with van der Waals surface area (Å²) in [5.74, 6) is -3.99. The van der Waals surface area contributed by atoms with Gasteiger partial charge in [-0.15, -0.1) is 0 Å². The van der Waals surface area contributed by atoms with E-state index in [0.29, 0.717) is 108 Å². The van der Waals surface area contributed by atoms with Gasteiger partial charge >= 0.3 is 18.1 Å². The monoisotopic (exact) mass is 1380 g/mol. The highest BCUT2D eigenvalue weighted by atomic mass is 16.5. The van der Waals surface area contributed by atoms with Crippen molar-refractivity contribution >= 4 is 101 Å². The second kappa shape index (κ2) is 47.0. The predicted molar refractivity (Wildman–Crippen MR) is 364 cm³/mol. The van der Waals surface area contributed by atoms with E-state index in [2.05, 4.69) is 52.6 Å². The minimum Gasteiger partial charge on any atom is -0.463 e. The van der Waals surface area contributed by atoms with Crippen molar-refractivity contribution in [2.75, 3.05) is 38.0 Å². The van der Waals surface area contributed by atoms with Gasteiger partial charge in [0.2, 0.25) is 59.1 Å². The molecule has 16 amide bonds. The quantitative estimate of drug-likeness (QED) is 0.0254. The van der Waals surface area contributed by atoms with Crippen LogP contribution >= 0.6 is 0 Å². The molecule has 0 aliphatic carbocycles. The standard InChI is InChI=1S/C30H44N6O8.C23H39N5O6.C14H27N3O3/c1-19(2)26(35-24(38)9-5-4-6-15-36-25(39)16-20(3)29(36)42)28(41)34-23(8-7-14-32-30(31)43)27(40)33-22-12-10-21(11-13-22)17-44-18-37;1-14(2)20(21(32)26-17(16(4)29)9-8-11-25-23(24)34)27-18(30)10-6-5-7-12-28-19(31)13-15(3)22(28)33;1-5-11(9(2)3)13(19)17-12(10(4)18)7-6-8-16-14(15)20/h10-13,18-20,23,26H,4-9,14-17H2,1-3H3,(H,33,40)(H,34,41)(H,35,38)(H3,31,32,43);14-15,17,20H,5-13H2,1-4H3,(H,26,32)(H,27,30)(H3,24,25,34);9,11-12H,5-8H2,1-4H3,(H,17,19)(H3,15,16,20)/t20?,23-,26?;15?,17-,20?;11?,12-/m000/s1/i18D;;. The van der Waals surface area contributed by atoms with Crippen LogP contribution in [0.3, 0.4) is 0 Å². The molecule has 0 saturated carbocycles. The average molecular weight is 1380 g/mol. The second-order valence-electron chi connectivity index (χ2n) is 25.7. The van der Waals surface area contributed by atoms with Gasteiger partial charge in [-0.3, -0.25) is 72.1 Å². The van der Waals surface area contributed by atoms with Gasteiger partial charge in [-0.2, -0.15) is 0 Å². The number of nitrogens with zero attached hydrogens (tertiary/aromatic N) is 2. The second-order valence-corrected chi connectivity index (χ2v) is 25.7. The Morgan fingerprint density at radius 3 is 1.23 bits per heavy atom. The van der Waals surface area contributed by atoms with E-state index in [4.69, 9.17) is 18.6 Å². The first-order valence-corrected chi connectivity index (χ1v) is 33.8. The largest absolute Gasteiger partial charge is 0.463 e. The Labute approximate surface area is 576 Å². The number of ether oxygens (including phenoxy) is 1. The molecule has 2 saturated heterocycles. The first-order valence-electron chi connectivity index (χ1n) is 34.3. The summed E-state index contributed by atoms with van der Waals surface area (Å²) in [5.41, 5.74) is 16.1. The van der Waals surface area contributed by atoms with Crippen LogP contribution in [0.25, 0.3) is 0 Å². The van der Waals surface area contributed by atoms with Crippen molar-refractivity contribution in [2.45, 2.75) is 222 Å². The van der Waals surface area contributed by atoms with Gasteiger partial charge in [-0.05, 0) is 120 Å². The zero-order valence-electron chi connectivity index (χ0n) is 60.0. The summed E-state index contributed by atoms with van der Waals surface area (Å²) >= 11 is 0. The first-order chi connectivity index (χ1) is 46.5. The molecule has 1 aromatic rings. The number of primary amides is 3. The van der Waals surface area contributed by atoms with Gasteiger partial charge in [0.1, 0.15) is 24.7 Å². The molecular formula is C67H110N14O17. The van der Waals surface area contributed by atoms with E-state index in [1.165, 1.54) is 23.6 Å². The molecule has 0 bridgehead atoms. The molecule has 0 aromatic heterocycles. The highest BCUT2D eigenvalue weighted by Gasteiger charge is 2.37. The van der Waals surface area contributed by atoms with E-state index in [1.807, 2.05) is 20.8 Å². The Bertz CT molecular complexity index is 2900. The molecule has 3 rings (SSSR count). The SMILES string of the molecule is CC(=O)[C@H](CCCNC(N)=O)NC(=O)C(NC(=O)CCCCCN1C(=O)CC(C)C1=O)C(C)C.CCC(C(=O)N[C@@H](CCCNC(N)=O)C(C)=O)C(C)C.[2H]C(=O)OCc1ccc(NC(=O)[C@H](CCCNC(N)=O)NC(=O)C(NC(=O)CCCCCN2C(=O)CC(C)C2=O)C(C)C)cc1. The van der Waals surface area contributed by atoms with Crippen LogP contribution in [0.2, 0.25) is 0 Å². The number of rotatable bonds is 42. The third-order valence-corrected chi connectivity index (χ3v) is 16.3. The number of urea groups is 3. The number of unbranched alkanes of at least 4 members (excludes halogenated alkanes) is 4. The van der Waals surface area contributed by atoms with E-state index in [0.717, 1.165) is 6.42 Å². The fourth-order valence-corrected chi connectivity index (χ4v) is 10.6. The number of likely N-dealkylation sites (tertiary alicyclic amines) is 2. The van der Waals surface area contributed by atoms with Crippen molar-refractivity contribution in [1.82, 2.24) is 52.3 Å². The Balaban J connectivity index is 0.000000800. The average Bonchev–Trinajstić information content (AvgIpc) is 1.75. The van der Waals surface area contributed by atoms with E-state index in [-0.39, 0.29) is 134 Å². The molecule has 8 atom stereocenters. The number of imide groups is 2. The minimum absolute atomic E-state index is 0.0731. The molecule has 98 heavy (non-hydrogen) atoms. The summed E-state index contributed by atoms with van der Waals surface area (Å²) in [7, 11) is 0. The maximum atomic E-state index is 13.3. The molecule has 2 fully saturated rings. The van der Waals surface area contributed by atoms with Crippen molar-refractivity contribution in [1.29, 1.82) is 0 Å². The summed E-state index contributed by atoms with van der Waals surface area (Å²) in [6, 6.07) is 0.490. The summed E-state index contributed by atoms with van der Waals surface area (Å²) in [6.07, 6.45) is 6.36. The number of ketones is 2. The number of benzene rings is 1. The molecule has 0 spiro atoms. The third kappa shape index (κ3) is 34.7. The van der Waals surface area contributed by atoms with E-state index >= 15 is 0 Å². The Kier molecular flexibility index (Phi) is 40.8. The molecule has 1 aromatic carbocycles. The van der Waals surface area contributed by atoms with Crippen LogP contribution in [-0.4, -0.2) is 168 Å². The number of nitrogens with one attached hydrogen (secondary N) is 9. The Hall–Kier alpha value is -9.06. The minimum atomic E-state index is -1.16. The van der Waals surface area contributed by atoms with Crippen molar-refractivity contribution in [3.63, 3.8) is 0 Å². The van der Waals surface area contributed by atoms with Gasteiger partial charge < -0.3 is 69.8 Å². The zero-order chi connectivity index (χ0) is 75.1. The lowest BCUT2D eigenvalue weighted by atomic mass is 9.92. The van der Waals surface area contributed by atoms with Crippen LogP contribution in [0.4, 0.5) is 20.1 Å². The molecule has 2 heterocycles. The molecule has 550 valence electrons. The normalized spacial score (nSPS) is 16.1. The predicted octanol–water partition coefficient (Wildman–Crippen LogP) is 3.12. The van der Waals surface area contributed by atoms with Crippen molar-refractivity contribution in [3.05, 3.63) is 29.8 Å². The number of carbonyl (C=O) groups is 16. The number of hydrogen-bond donors (Lipinski definition) is 12. The molecular weight excluding hydrogens is 1270 g/mol. The lowest BCUT2D eigenvalue weighted by Crippen LogP contribution is -2.54. The highest BCUT2D eigenvalue weighted by Crippen LogP contribution is 2.22. The fourth-order valence-electron chi connectivity index (χ4n) is 10.6. The fraction of sp³-hybridized carbons (Fsp3) is 0.672. The highest BCUT2D eigenvalue weighted by molar-refractivity contribution is 6.04. The van der Waals surface area contributed by atoms with Crippen LogP contribution in [-0.2, 0) is 73.7 Å². The number of hydrogen-bond acceptors (Lipinski definition) is 17. The van der Waals surface area contributed by atoms with Gasteiger partial charge in [-0.25, -0.2) is 14.4 Å². The summed E-state index contributed by atoms with van der Waals surface area (Å²) in [4.78, 5) is 193. The molecule has 2 aliphatic heterocycles. The number of Topliss-reactive ketones (excluding diaryl/α,β-unsaturated/α-hetero) is 2. The summed E-state index contributed by atoms with van der Waals surface area (Å²) in [5, 5.41) is 23.8. The first kappa shape index (κ1) is 85.0. The molecule has 15 N–H and O–H groups in total. The van der Waals surface area contributed by atoms with Crippen molar-refractivity contribution < 1.29 is 82.8 Å². The zero-order valence-corrected chi connectivity index (χ0v) is 59.0. The number of amides is 16. The van der Waals surface area contributed by atoms with Crippen LogP contribution in [0.1, 0.15) is 192 Å². The maximum absolute atomic E-state index is 13.3. The molecule has 2 aliphatic rings. The van der Waals surface area contributed by atoms with E-state index in [1.54, 1.807) is 65.8 Å². The van der Waals surface area contributed by atoms with Crippen molar-refractivity contribution in [2.24, 2.45) is 52.7 Å². The van der Waals surface area contributed by atoms with E-state index in [9.17, 15) is 76.7 Å². The molecule has 31 heteroatoms. The van der Waals surface area contributed by atoms with Crippen molar-refractivity contribution in [3.8, 4) is 0 Å². The van der Waals surface area contributed by atoms with Gasteiger partial charge in [0.05, 0.1) is 12.1 Å². The topological polar surface area (TPSA) is 475 Å². The smallest absolute Gasteiger partial charge is 0.312 e. The van der Waals surface area contributed by atoms with E-state index < -0.39 is 72.5 Å². The van der Waals surface area contributed by atoms with Gasteiger partial charge in [0, 0.05) is 81.8 Å². The number of carbonyl (C=O) groups excluding carboxylic acids is 16.